The largest absolute Gasteiger partial charge is 0.491 e. The van der Waals surface area contributed by atoms with E-state index in [-0.39, 0.29) is 24.8 Å². The van der Waals surface area contributed by atoms with Crippen LogP contribution in [0.4, 0.5) is 11.4 Å². The standard InChI is InChI=1S/C32H30N2O5/c1-22-13-15-23(16-14-22)26-8-3-4-9-27(26)31(37)33-25-19-17-24(18-20-25)32(38)34(2)28-10-5-6-11-29(28)39-21-7-12-30(35)36/h3-6,8-11,13-20H,7,12,21H2,1-2H3,(H,33,37)(H,35,36). The molecule has 0 spiro atoms. The molecule has 0 fully saturated rings. The topological polar surface area (TPSA) is 95.9 Å². The van der Waals surface area contributed by atoms with Crippen LogP contribution in [0.15, 0.2) is 97.1 Å². The van der Waals surface area contributed by atoms with Crippen LogP contribution < -0.4 is 15.0 Å². The van der Waals surface area contributed by atoms with E-state index < -0.39 is 5.97 Å². The van der Waals surface area contributed by atoms with Gasteiger partial charge in [0.05, 0.1) is 12.3 Å². The summed E-state index contributed by atoms with van der Waals surface area (Å²) in [6.45, 7) is 2.25. The first-order valence-corrected chi connectivity index (χ1v) is 12.6. The second kappa shape index (κ2) is 12.6. The van der Waals surface area contributed by atoms with Crippen molar-refractivity contribution in [2.45, 2.75) is 19.8 Å². The number of para-hydroxylation sites is 2. The molecule has 0 heterocycles. The monoisotopic (exact) mass is 522 g/mol. The highest BCUT2D eigenvalue weighted by atomic mass is 16.5. The number of anilines is 2. The van der Waals surface area contributed by atoms with Gasteiger partial charge in [-0.25, -0.2) is 0 Å². The number of carbonyl (C=O) groups is 3. The number of aryl methyl sites for hydroxylation is 1. The number of carboxylic acids is 1. The minimum absolute atomic E-state index is 0.0113. The molecule has 39 heavy (non-hydrogen) atoms. The van der Waals surface area contributed by atoms with E-state index in [1.54, 1.807) is 61.6 Å². The number of amides is 2. The van der Waals surface area contributed by atoms with E-state index in [0.717, 1.165) is 16.7 Å². The summed E-state index contributed by atoms with van der Waals surface area (Å²) in [7, 11) is 1.65. The fourth-order valence-electron chi connectivity index (χ4n) is 4.13. The number of ether oxygens (including phenoxy) is 1. The van der Waals surface area contributed by atoms with Crippen LogP contribution >= 0.6 is 0 Å². The lowest BCUT2D eigenvalue weighted by molar-refractivity contribution is -0.137. The summed E-state index contributed by atoms with van der Waals surface area (Å²) in [5, 5.41) is 11.7. The summed E-state index contributed by atoms with van der Waals surface area (Å²) in [5.74, 6) is -0.875. The summed E-state index contributed by atoms with van der Waals surface area (Å²) in [4.78, 5) is 38.6. The lowest BCUT2D eigenvalue weighted by Crippen LogP contribution is -2.26. The molecule has 0 aliphatic rings. The zero-order valence-electron chi connectivity index (χ0n) is 21.9. The fraction of sp³-hybridized carbons (Fsp3) is 0.156. The number of nitrogens with zero attached hydrogens (tertiary/aromatic N) is 1. The van der Waals surface area contributed by atoms with E-state index in [2.05, 4.69) is 5.32 Å². The third-order valence-electron chi connectivity index (χ3n) is 6.25. The molecule has 0 radical (unpaired) electrons. The van der Waals surface area contributed by atoms with Crippen LogP contribution in [-0.2, 0) is 4.79 Å². The molecule has 2 N–H and O–H groups in total. The van der Waals surface area contributed by atoms with E-state index >= 15 is 0 Å². The summed E-state index contributed by atoms with van der Waals surface area (Å²) in [6, 6.07) is 29.3. The SMILES string of the molecule is Cc1ccc(-c2ccccc2C(=O)Nc2ccc(C(=O)N(C)c3ccccc3OCCCC(=O)O)cc2)cc1. The Morgan fingerprint density at radius 1 is 0.846 bits per heavy atom. The molecule has 7 nitrogen and oxygen atoms in total. The maximum absolute atomic E-state index is 13.2. The number of carbonyl (C=O) groups excluding carboxylic acids is 2. The zero-order valence-corrected chi connectivity index (χ0v) is 21.9. The van der Waals surface area contributed by atoms with E-state index in [4.69, 9.17) is 9.84 Å². The predicted octanol–water partition coefficient (Wildman–Crippen LogP) is 6.43. The first-order chi connectivity index (χ1) is 18.8. The molecular formula is C32H30N2O5. The van der Waals surface area contributed by atoms with Crippen LogP contribution in [-0.4, -0.2) is 36.5 Å². The summed E-state index contributed by atoms with van der Waals surface area (Å²) < 4.78 is 5.74. The second-order valence-corrected chi connectivity index (χ2v) is 9.12. The molecule has 0 aliphatic carbocycles. The Morgan fingerprint density at radius 2 is 1.51 bits per heavy atom. The molecule has 198 valence electrons. The van der Waals surface area contributed by atoms with Gasteiger partial charge in [-0.3, -0.25) is 14.4 Å². The van der Waals surface area contributed by atoms with Crippen LogP contribution in [0.3, 0.4) is 0 Å². The summed E-state index contributed by atoms with van der Waals surface area (Å²) in [5.41, 5.74) is 5.09. The van der Waals surface area contributed by atoms with Crippen molar-refractivity contribution < 1.29 is 24.2 Å². The second-order valence-electron chi connectivity index (χ2n) is 9.12. The third-order valence-corrected chi connectivity index (χ3v) is 6.25. The highest BCUT2D eigenvalue weighted by Gasteiger charge is 2.18. The predicted molar refractivity (Wildman–Crippen MR) is 153 cm³/mol. The molecule has 0 saturated heterocycles. The van der Waals surface area contributed by atoms with Gasteiger partial charge in [-0.15, -0.1) is 0 Å². The molecule has 0 unspecified atom stereocenters. The number of rotatable bonds is 10. The van der Waals surface area contributed by atoms with Crippen LogP contribution in [0, 0.1) is 6.92 Å². The van der Waals surface area contributed by atoms with Gasteiger partial charge in [0.15, 0.2) is 0 Å². The average molecular weight is 523 g/mol. The molecule has 4 rings (SSSR count). The van der Waals surface area contributed by atoms with Gasteiger partial charge in [0.2, 0.25) is 0 Å². The molecule has 0 aliphatic heterocycles. The first-order valence-electron chi connectivity index (χ1n) is 12.6. The van der Waals surface area contributed by atoms with Crippen LogP contribution in [0.2, 0.25) is 0 Å². The molecule has 4 aromatic rings. The van der Waals surface area contributed by atoms with E-state index in [1.807, 2.05) is 49.4 Å². The zero-order chi connectivity index (χ0) is 27.8. The lowest BCUT2D eigenvalue weighted by atomic mass is 9.98. The van der Waals surface area contributed by atoms with E-state index in [1.165, 1.54) is 4.90 Å². The molecule has 2 amide bonds. The fourth-order valence-corrected chi connectivity index (χ4v) is 4.13. The van der Waals surface area contributed by atoms with E-state index in [0.29, 0.717) is 34.7 Å². The van der Waals surface area contributed by atoms with Crippen molar-refractivity contribution in [3.63, 3.8) is 0 Å². The molecule has 0 bridgehead atoms. The Morgan fingerprint density at radius 3 is 2.23 bits per heavy atom. The van der Waals surface area contributed by atoms with Crippen LogP contribution in [0.25, 0.3) is 11.1 Å². The third kappa shape index (κ3) is 6.90. The number of benzene rings is 4. The quantitative estimate of drug-likeness (QED) is 0.234. The lowest BCUT2D eigenvalue weighted by Gasteiger charge is -2.21. The maximum atomic E-state index is 13.2. The van der Waals surface area contributed by atoms with Crippen LogP contribution in [0.1, 0.15) is 39.1 Å². The first kappa shape index (κ1) is 27.1. The van der Waals surface area contributed by atoms with Crippen molar-refractivity contribution in [2.24, 2.45) is 0 Å². The van der Waals surface area contributed by atoms with Crippen molar-refractivity contribution >= 4 is 29.2 Å². The van der Waals surface area contributed by atoms with Crippen molar-refractivity contribution in [1.82, 2.24) is 0 Å². The van der Waals surface area contributed by atoms with Gasteiger partial charge in [-0.2, -0.15) is 0 Å². The van der Waals surface area contributed by atoms with E-state index in [9.17, 15) is 14.4 Å². The Hall–Kier alpha value is -4.91. The van der Waals surface area contributed by atoms with Crippen LogP contribution in [0.5, 0.6) is 5.75 Å². The van der Waals surface area contributed by atoms with Gasteiger partial charge >= 0.3 is 5.97 Å². The molecular weight excluding hydrogens is 492 g/mol. The van der Waals surface area contributed by atoms with Crippen molar-refractivity contribution in [3.8, 4) is 16.9 Å². The van der Waals surface area contributed by atoms with Crippen molar-refractivity contribution in [1.29, 1.82) is 0 Å². The van der Waals surface area contributed by atoms with Gasteiger partial charge < -0.3 is 20.1 Å². The molecule has 0 aromatic heterocycles. The number of carboxylic acid groups (broad SMARTS) is 1. The molecule has 0 saturated carbocycles. The Kier molecular flexibility index (Phi) is 8.74. The number of hydrogen-bond donors (Lipinski definition) is 2. The van der Waals surface area contributed by atoms with Gasteiger partial charge in [0, 0.05) is 30.3 Å². The summed E-state index contributed by atoms with van der Waals surface area (Å²) >= 11 is 0. The van der Waals surface area contributed by atoms with Gasteiger partial charge in [-0.1, -0.05) is 60.2 Å². The van der Waals surface area contributed by atoms with Gasteiger partial charge in [0.25, 0.3) is 11.8 Å². The minimum atomic E-state index is -0.880. The normalized spacial score (nSPS) is 10.5. The Bertz CT molecular complexity index is 1460. The molecule has 0 atom stereocenters. The summed E-state index contributed by atoms with van der Waals surface area (Å²) in [6.07, 6.45) is 0.376. The Balaban J connectivity index is 1.44. The molecule has 4 aromatic carbocycles. The Labute approximate surface area is 227 Å². The number of aliphatic carboxylic acids is 1. The maximum Gasteiger partial charge on any atom is 0.303 e. The minimum Gasteiger partial charge on any atom is -0.491 e. The van der Waals surface area contributed by atoms with Gasteiger partial charge in [0.1, 0.15) is 5.75 Å². The molecule has 7 heteroatoms. The van der Waals surface area contributed by atoms with Crippen molar-refractivity contribution in [2.75, 3.05) is 23.9 Å². The smallest absolute Gasteiger partial charge is 0.303 e. The highest BCUT2D eigenvalue weighted by molar-refractivity contribution is 6.09. The van der Waals surface area contributed by atoms with Gasteiger partial charge in [-0.05, 0) is 66.9 Å². The average Bonchev–Trinajstić information content (AvgIpc) is 2.95. The number of nitrogens with one attached hydrogen (secondary N) is 1. The van der Waals surface area contributed by atoms with Crippen molar-refractivity contribution in [3.05, 3.63) is 114 Å². The highest BCUT2D eigenvalue weighted by Crippen LogP contribution is 2.29. The number of hydrogen-bond acceptors (Lipinski definition) is 4.